The summed E-state index contributed by atoms with van der Waals surface area (Å²) in [7, 11) is 3.93. The summed E-state index contributed by atoms with van der Waals surface area (Å²) in [6, 6.07) is 0. The second kappa shape index (κ2) is 6.89. The Morgan fingerprint density at radius 1 is 1.50 bits per heavy atom. The molecule has 1 aromatic heterocycles. The van der Waals surface area contributed by atoms with Gasteiger partial charge in [-0.05, 0) is 19.0 Å². The van der Waals surface area contributed by atoms with Crippen molar-refractivity contribution in [3.8, 4) is 0 Å². The Hall–Kier alpha value is -0.580. The Bertz CT molecular complexity index is 347. The number of nitrogens with zero attached hydrogens (tertiary/aromatic N) is 2. The van der Waals surface area contributed by atoms with E-state index in [0.29, 0.717) is 5.15 Å². The Balaban J connectivity index is 2.53. The van der Waals surface area contributed by atoms with Crippen LogP contribution >= 0.6 is 22.9 Å². The molecule has 0 unspecified atom stereocenters. The van der Waals surface area contributed by atoms with Crippen molar-refractivity contribution in [3.05, 3.63) is 16.1 Å². The largest absolute Gasteiger partial charge is 0.354 e. The molecule has 0 aliphatic carbocycles. The van der Waals surface area contributed by atoms with Crippen LogP contribution in [0.5, 0.6) is 0 Å². The molecule has 0 aliphatic rings. The van der Waals surface area contributed by atoms with E-state index < -0.39 is 0 Å². The zero-order valence-corrected chi connectivity index (χ0v) is 11.5. The standard InChI is InChI=1S/C11H18ClN3S/c1-4-7-13-8-5-6-9-10(12)14-11(16-9)15(2)3/h5-6,13H,4,7-8H2,1-3H3. The van der Waals surface area contributed by atoms with E-state index in [-0.39, 0.29) is 0 Å². The molecule has 0 radical (unpaired) electrons. The van der Waals surface area contributed by atoms with Gasteiger partial charge in [-0.1, -0.05) is 35.9 Å². The molecule has 1 aromatic rings. The smallest absolute Gasteiger partial charge is 0.186 e. The maximum absolute atomic E-state index is 6.03. The summed E-state index contributed by atoms with van der Waals surface area (Å²) in [5.74, 6) is 0. The first-order chi connectivity index (χ1) is 7.65. The minimum atomic E-state index is 0.584. The molecule has 0 atom stereocenters. The van der Waals surface area contributed by atoms with Crippen LogP contribution in [-0.2, 0) is 0 Å². The first kappa shape index (κ1) is 13.5. The molecular weight excluding hydrogens is 242 g/mol. The molecule has 5 heteroatoms. The molecule has 1 rings (SSSR count). The zero-order chi connectivity index (χ0) is 12.0. The Morgan fingerprint density at radius 2 is 2.25 bits per heavy atom. The maximum Gasteiger partial charge on any atom is 0.186 e. The van der Waals surface area contributed by atoms with Crippen LogP contribution in [0.25, 0.3) is 6.08 Å². The number of anilines is 1. The Kier molecular flexibility index (Phi) is 5.80. The van der Waals surface area contributed by atoms with Crippen molar-refractivity contribution in [3.63, 3.8) is 0 Å². The SMILES string of the molecule is CCCNCC=Cc1sc(N(C)C)nc1Cl. The Morgan fingerprint density at radius 3 is 2.81 bits per heavy atom. The molecule has 0 aliphatic heterocycles. The van der Waals surface area contributed by atoms with Gasteiger partial charge < -0.3 is 10.2 Å². The summed E-state index contributed by atoms with van der Waals surface area (Å²) in [6.45, 7) is 4.07. The first-order valence-electron chi connectivity index (χ1n) is 5.36. The molecule has 90 valence electrons. The molecule has 0 amide bonds. The molecule has 3 nitrogen and oxygen atoms in total. The summed E-state index contributed by atoms with van der Waals surface area (Å²) >= 11 is 7.63. The molecule has 0 fully saturated rings. The lowest BCUT2D eigenvalue weighted by Gasteiger charge is -2.04. The van der Waals surface area contributed by atoms with E-state index in [4.69, 9.17) is 11.6 Å². The fraction of sp³-hybridized carbons (Fsp3) is 0.545. The van der Waals surface area contributed by atoms with Crippen molar-refractivity contribution >= 4 is 34.1 Å². The van der Waals surface area contributed by atoms with Gasteiger partial charge in [0.25, 0.3) is 0 Å². The number of rotatable bonds is 6. The van der Waals surface area contributed by atoms with E-state index in [1.54, 1.807) is 11.3 Å². The highest BCUT2D eigenvalue weighted by Gasteiger charge is 2.07. The third-order valence-corrected chi connectivity index (χ3v) is 3.53. The van der Waals surface area contributed by atoms with E-state index in [0.717, 1.165) is 29.5 Å². The molecule has 0 spiro atoms. The molecule has 1 heterocycles. The van der Waals surface area contributed by atoms with Crippen LogP contribution in [-0.4, -0.2) is 32.2 Å². The molecule has 16 heavy (non-hydrogen) atoms. The number of thiazole rings is 1. The van der Waals surface area contributed by atoms with Crippen molar-refractivity contribution in [1.82, 2.24) is 10.3 Å². The van der Waals surface area contributed by atoms with Crippen molar-refractivity contribution in [2.45, 2.75) is 13.3 Å². The van der Waals surface area contributed by atoms with Gasteiger partial charge in [-0.15, -0.1) is 0 Å². The monoisotopic (exact) mass is 259 g/mol. The average Bonchev–Trinajstić information content (AvgIpc) is 2.60. The van der Waals surface area contributed by atoms with Crippen LogP contribution in [0.4, 0.5) is 5.13 Å². The van der Waals surface area contributed by atoms with Gasteiger partial charge in [0.1, 0.15) is 5.15 Å². The van der Waals surface area contributed by atoms with Crippen LogP contribution in [0.1, 0.15) is 18.2 Å². The quantitative estimate of drug-likeness (QED) is 0.797. The molecule has 1 N–H and O–H groups in total. The molecule has 0 bridgehead atoms. The van der Waals surface area contributed by atoms with E-state index in [9.17, 15) is 0 Å². The van der Waals surface area contributed by atoms with Crippen molar-refractivity contribution in [2.75, 3.05) is 32.1 Å². The van der Waals surface area contributed by atoms with E-state index in [1.165, 1.54) is 0 Å². The van der Waals surface area contributed by atoms with Gasteiger partial charge in [-0.3, -0.25) is 0 Å². The second-order valence-electron chi connectivity index (χ2n) is 3.65. The number of aromatic nitrogens is 1. The van der Waals surface area contributed by atoms with Crippen LogP contribution in [0.15, 0.2) is 6.08 Å². The van der Waals surface area contributed by atoms with Gasteiger partial charge in [0.15, 0.2) is 5.13 Å². The number of hydrogen-bond acceptors (Lipinski definition) is 4. The van der Waals surface area contributed by atoms with Gasteiger partial charge in [-0.2, -0.15) is 0 Å². The first-order valence-corrected chi connectivity index (χ1v) is 6.55. The van der Waals surface area contributed by atoms with E-state index in [2.05, 4.69) is 23.3 Å². The molecule has 0 aromatic carbocycles. The van der Waals surface area contributed by atoms with Gasteiger partial charge in [0, 0.05) is 20.6 Å². The lowest BCUT2D eigenvalue weighted by Crippen LogP contribution is -2.13. The highest BCUT2D eigenvalue weighted by atomic mass is 35.5. The van der Waals surface area contributed by atoms with E-state index >= 15 is 0 Å². The molecular formula is C11H18ClN3S. The predicted molar refractivity (Wildman–Crippen MR) is 73.6 cm³/mol. The summed E-state index contributed by atoms with van der Waals surface area (Å²) in [5.41, 5.74) is 0. The third kappa shape index (κ3) is 4.12. The lowest BCUT2D eigenvalue weighted by atomic mass is 10.4. The van der Waals surface area contributed by atoms with Gasteiger partial charge in [0.05, 0.1) is 4.88 Å². The van der Waals surface area contributed by atoms with Crippen LogP contribution in [0.2, 0.25) is 5.15 Å². The summed E-state index contributed by atoms with van der Waals surface area (Å²) in [5, 5.41) is 4.82. The van der Waals surface area contributed by atoms with Crippen molar-refractivity contribution in [1.29, 1.82) is 0 Å². The minimum Gasteiger partial charge on any atom is -0.354 e. The minimum absolute atomic E-state index is 0.584. The molecule has 0 saturated carbocycles. The fourth-order valence-corrected chi connectivity index (χ4v) is 2.24. The fourth-order valence-electron chi connectivity index (χ4n) is 1.12. The van der Waals surface area contributed by atoms with Gasteiger partial charge >= 0.3 is 0 Å². The highest BCUT2D eigenvalue weighted by molar-refractivity contribution is 7.17. The van der Waals surface area contributed by atoms with Crippen molar-refractivity contribution < 1.29 is 0 Å². The predicted octanol–water partition coefficient (Wildman–Crippen LogP) is 2.88. The van der Waals surface area contributed by atoms with Gasteiger partial charge in [-0.25, -0.2) is 4.98 Å². The second-order valence-corrected chi connectivity index (χ2v) is 5.02. The van der Waals surface area contributed by atoms with Crippen LogP contribution in [0.3, 0.4) is 0 Å². The normalized spacial score (nSPS) is 11.2. The summed E-state index contributed by atoms with van der Waals surface area (Å²) < 4.78 is 0. The summed E-state index contributed by atoms with van der Waals surface area (Å²) in [4.78, 5) is 7.24. The maximum atomic E-state index is 6.03. The number of nitrogens with one attached hydrogen (secondary N) is 1. The zero-order valence-electron chi connectivity index (χ0n) is 9.96. The van der Waals surface area contributed by atoms with Crippen LogP contribution < -0.4 is 10.2 Å². The Labute approximate surface area is 106 Å². The third-order valence-electron chi connectivity index (χ3n) is 1.94. The average molecular weight is 260 g/mol. The van der Waals surface area contributed by atoms with Crippen molar-refractivity contribution in [2.24, 2.45) is 0 Å². The number of halogens is 1. The number of hydrogen-bond donors (Lipinski definition) is 1. The highest BCUT2D eigenvalue weighted by Crippen LogP contribution is 2.29. The lowest BCUT2D eigenvalue weighted by molar-refractivity contribution is 0.730. The van der Waals surface area contributed by atoms with E-state index in [1.807, 2.05) is 25.1 Å². The van der Waals surface area contributed by atoms with Gasteiger partial charge in [0.2, 0.25) is 0 Å². The molecule has 0 saturated heterocycles. The summed E-state index contributed by atoms with van der Waals surface area (Å²) in [6.07, 6.45) is 5.25. The van der Waals surface area contributed by atoms with Crippen LogP contribution in [0, 0.1) is 0 Å². The topological polar surface area (TPSA) is 28.2 Å².